The summed E-state index contributed by atoms with van der Waals surface area (Å²) < 4.78 is 14.0. The van der Waals surface area contributed by atoms with E-state index in [2.05, 4.69) is 27.3 Å². The van der Waals surface area contributed by atoms with E-state index in [9.17, 15) is 4.39 Å². The Kier molecular flexibility index (Phi) is 4.89. The van der Waals surface area contributed by atoms with E-state index in [1.807, 2.05) is 25.1 Å². The molecule has 2 nitrogen and oxygen atoms in total. The van der Waals surface area contributed by atoms with Crippen molar-refractivity contribution in [2.45, 2.75) is 19.5 Å². The van der Waals surface area contributed by atoms with Crippen LogP contribution in [0.15, 0.2) is 46.9 Å². The Morgan fingerprint density at radius 3 is 2.55 bits per heavy atom. The van der Waals surface area contributed by atoms with E-state index in [0.717, 1.165) is 15.6 Å². The molecule has 0 amide bonds. The van der Waals surface area contributed by atoms with Crippen molar-refractivity contribution in [2.24, 2.45) is 0 Å². The first-order valence-corrected chi connectivity index (χ1v) is 7.06. The second kappa shape index (κ2) is 6.65. The predicted octanol–water partition coefficient (Wildman–Crippen LogP) is 4.31. The maximum Gasteiger partial charge on any atom is 0.124 e. The molecule has 0 heterocycles. The lowest BCUT2D eigenvalue weighted by atomic mass is 10.1. The molecule has 0 aromatic heterocycles. The van der Waals surface area contributed by atoms with E-state index in [1.54, 1.807) is 12.1 Å². The summed E-state index contributed by atoms with van der Waals surface area (Å²) in [7, 11) is 0. The minimum absolute atomic E-state index is 0.129. The molecule has 0 aliphatic heterocycles. The van der Waals surface area contributed by atoms with Crippen molar-refractivity contribution >= 4 is 15.9 Å². The second-order valence-electron chi connectivity index (χ2n) is 4.61. The Bertz CT molecular complexity index is 612. The van der Waals surface area contributed by atoms with Gasteiger partial charge in [-0.05, 0) is 48.4 Å². The van der Waals surface area contributed by atoms with Gasteiger partial charge in [0.2, 0.25) is 0 Å². The average molecular weight is 333 g/mol. The normalized spacial score (nSPS) is 11.9. The number of benzene rings is 2. The van der Waals surface area contributed by atoms with Crippen molar-refractivity contribution in [1.82, 2.24) is 5.32 Å². The van der Waals surface area contributed by atoms with Gasteiger partial charge in [-0.3, -0.25) is 0 Å². The van der Waals surface area contributed by atoms with Gasteiger partial charge in [0, 0.05) is 17.1 Å². The molecule has 2 aromatic carbocycles. The number of nitriles is 1. The van der Waals surface area contributed by atoms with Gasteiger partial charge in [0.05, 0.1) is 11.6 Å². The number of hydrogen-bond donors (Lipinski definition) is 1. The zero-order chi connectivity index (χ0) is 14.5. The molecule has 1 unspecified atom stereocenters. The summed E-state index contributed by atoms with van der Waals surface area (Å²) in [5, 5.41) is 12.1. The standard InChI is InChI=1S/C16H14BrFN2/c1-11(14-4-2-12(9-19)3-5-14)20-10-13-6-15(17)8-16(18)7-13/h2-8,11,20H,10H2,1H3. The third-order valence-electron chi connectivity index (χ3n) is 3.07. The quantitative estimate of drug-likeness (QED) is 0.905. The molecule has 0 bridgehead atoms. The zero-order valence-corrected chi connectivity index (χ0v) is 12.6. The average Bonchev–Trinajstić information content (AvgIpc) is 2.44. The van der Waals surface area contributed by atoms with E-state index in [1.165, 1.54) is 12.1 Å². The first kappa shape index (κ1) is 14.7. The maximum absolute atomic E-state index is 13.3. The number of rotatable bonds is 4. The largest absolute Gasteiger partial charge is 0.306 e. The topological polar surface area (TPSA) is 35.8 Å². The van der Waals surface area contributed by atoms with Crippen LogP contribution in [0.5, 0.6) is 0 Å². The monoisotopic (exact) mass is 332 g/mol. The van der Waals surface area contributed by atoms with Crippen LogP contribution in [0.4, 0.5) is 4.39 Å². The minimum atomic E-state index is -0.248. The molecule has 0 spiro atoms. The molecule has 0 saturated heterocycles. The Balaban J connectivity index is 2.00. The molecular weight excluding hydrogens is 319 g/mol. The lowest BCUT2D eigenvalue weighted by Crippen LogP contribution is -2.18. The Labute approximate surface area is 126 Å². The van der Waals surface area contributed by atoms with Crippen LogP contribution >= 0.6 is 15.9 Å². The predicted molar refractivity (Wildman–Crippen MR) is 80.5 cm³/mol. The summed E-state index contributed by atoms with van der Waals surface area (Å²) in [4.78, 5) is 0. The maximum atomic E-state index is 13.3. The summed E-state index contributed by atoms with van der Waals surface area (Å²) in [5.41, 5.74) is 2.63. The minimum Gasteiger partial charge on any atom is -0.306 e. The van der Waals surface area contributed by atoms with Gasteiger partial charge < -0.3 is 5.32 Å². The molecule has 0 fully saturated rings. The molecule has 0 aliphatic carbocycles. The highest BCUT2D eigenvalue weighted by Crippen LogP contribution is 2.17. The van der Waals surface area contributed by atoms with Crippen LogP contribution in [0.2, 0.25) is 0 Å². The molecular formula is C16H14BrFN2. The van der Waals surface area contributed by atoms with Crippen molar-refractivity contribution in [2.75, 3.05) is 0 Å². The van der Waals surface area contributed by atoms with Gasteiger partial charge in [-0.1, -0.05) is 28.1 Å². The zero-order valence-electron chi connectivity index (χ0n) is 11.0. The van der Waals surface area contributed by atoms with Crippen LogP contribution in [0.25, 0.3) is 0 Å². The van der Waals surface area contributed by atoms with Crippen molar-refractivity contribution in [3.8, 4) is 6.07 Å². The number of nitrogens with one attached hydrogen (secondary N) is 1. The van der Waals surface area contributed by atoms with Gasteiger partial charge in [0.1, 0.15) is 5.82 Å². The SMILES string of the molecule is CC(NCc1cc(F)cc(Br)c1)c1ccc(C#N)cc1. The van der Waals surface area contributed by atoms with Crippen LogP contribution < -0.4 is 5.32 Å². The molecule has 102 valence electrons. The summed E-state index contributed by atoms with van der Waals surface area (Å²) in [5.74, 6) is -0.248. The van der Waals surface area contributed by atoms with Crippen molar-refractivity contribution < 1.29 is 4.39 Å². The first-order chi connectivity index (χ1) is 9.58. The molecule has 20 heavy (non-hydrogen) atoms. The molecule has 1 atom stereocenters. The van der Waals surface area contributed by atoms with E-state index in [-0.39, 0.29) is 11.9 Å². The number of hydrogen-bond acceptors (Lipinski definition) is 2. The fraction of sp³-hybridized carbons (Fsp3) is 0.188. The third kappa shape index (κ3) is 3.89. The molecule has 4 heteroatoms. The number of nitrogens with zero attached hydrogens (tertiary/aromatic N) is 1. The van der Waals surface area contributed by atoms with Gasteiger partial charge in [-0.15, -0.1) is 0 Å². The van der Waals surface area contributed by atoms with Crippen LogP contribution in [-0.2, 0) is 6.54 Å². The lowest BCUT2D eigenvalue weighted by molar-refractivity contribution is 0.569. The van der Waals surface area contributed by atoms with E-state index < -0.39 is 0 Å². The fourth-order valence-electron chi connectivity index (χ4n) is 1.95. The molecule has 0 saturated carbocycles. The Morgan fingerprint density at radius 2 is 1.95 bits per heavy atom. The highest BCUT2D eigenvalue weighted by Gasteiger charge is 2.06. The fourth-order valence-corrected chi connectivity index (χ4v) is 2.46. The van der Waals surface area contributed by atoms with Gasteiger partial charge in [-0.2, -0.15) is 5.26 Å². The number of halogens is 2. The van der Waals surface area contributed by atoms with Crippen LogP contribution in [0.3, 0.4) is 0 Å². The summed E-state index contributed by atoms with van der Waals surface area (Å²) >= 11 is 3.28. The molecule has 2 rings (SSSR count). The van der Waals surface area contributed by atoms with E-state index in [0.29, 0.717) is 12.1 Å². The van der Waals surface area contributed by atoms with Crippen LogP contribution in [0, 0.1) is 17.1 Å². The summed E-state index contributed by atoms with van der Waals surface area (Å²) in [6, 6.07) is 14.5. The van der Waals surface area contributed by atoms with Crippen LogP contribution in [0.1, 0.15) is 29.7 Å². The second-order valence-corrected chi connectivity index (χ2v) is 5.53. The smallest absolute Gasteiger partial charge is 0.124 e. The van der Waals surface area contributed by atoms with Gasteiger partial charge in [0.15, 0.2) is 0 Å². The van der Waals surface area contributed by atoms with E-state index in [4.69, 9.17) is 5.26 Å². The Hall–Kier alpha value is -1.70. The molecule has 0 radical (unpaired) electrons. The highest BCUT2D eigenvalue weighted by molar-refractivity contribution is 9.10. The van der Waals surface area contributed by atoms with Gasteiger partial charge >= 0.3 is 0 Å². The van der Waals surface area contributed by atoms with Gasteiger partial charge in [-0.25, -0.2) is 4.39 Å². The highest BCUT2D eigenvalue weighted by atomic mass is 79.9. The molecule has 2 aromatic rings. The summed E-state index contributed by atoms with van der Waals surface area (Å²) in [6.45, 7) is 2.62. The third-order valence-corrected chi connectivity index (χ3v) is 3.53. The molecule has 0 aliphatic rings. The van der Waals surface area contributed by atoms with Crippen LogP contribution in [-0.4, -0.2) is 0 Å². The van der Waals surface area contributed by atoms with E-state index >= 15 is 0 Å². The van der Waals surface area contributed by atoms with Crippen molar-refractivity contribution in [3.05, 3.63) is 69.4 Å². The first-order valence-electron chi connectivity index (χ1n) is 6.27. The Morgan fingerprint density at radius 1 is 1.25 bits per heavy atom. The van der Waals surface area contributed by atoms with Gasteiger partial charge in [0.25, 0.3) is 0 Å². The van der Waals surface area contributed by atoms with Crippen molar-refractivity contribution in [1.29, 1.82) is 5.26 Å². The van der Waals surface area contributed by atoms with Crippen molar-refractivity contribution in [3.63, 3.8) is 0 Å². The molecule has 1 N–H and O–H groups in total. The summed E-state index contributed by atoms with van der Waals surface area (Å²) in [6.07, 6.45) is 0. The lowest BCUT2D eigenvalue weighted by Gasteiger charge is -2.14.